The molecule has 0 aliphatic carbocycles. The number of nitrogens with zero attached hydrogens (tertiary/aromatic N) is 7. The lowest BCUT2D eigenvalue weighted by atomic mass is 10.0. The SMILES string of the molecule is Cn1nc(CNc2ncccn2)c2c1CN(C(=O)c1cnccn1)CC2. The van der Waals surface area contributed by atoms with Gasteiger partial charge in [0.15, 0.2) is 0 Å². The molecule has 1 N–H and O–H groups in total. The number of aryl methyl sites for hydroxylation is 1. The normalized spacial score (nSPS) is 13.3. The highest BCUT2D eigenvalue weighted by Gasteiger charge is 2.27. The summed E-state index contributed by atoms with van der Waals surface area (Å²) < 4.78 is 1.84. The number of carbonyl (C=O) groups excluding carboxylic acids is 1. The Balaban J connectivity index is 1.50. The van der Waals surface area contributed by atoms with Crippen LogP contribution in [0.5, 0.6) is 0 Å². The largest absolute Gasteiger partial charge is 0.348 e. The second-order valence-corrected chi connectivity index (χ2v) is 5.99. The molecule has 3 aromatic heterocycles. The minimum atomic E-state index is -0.109. The van der Waals surface area contributed by atoms with Gasteiger partial charge in [0.1, 0.15) is 5.69 Å². The lowest BCUT2D eigenvalue weighted by molar-refractivity contribution is 0.0723. The Morgan fingerprint density at radius 3 is 2.81 bits per heavy atom. The van der Waals surface area contributed by atoms with Gasteiger partial charge in [-0.1, -0.05) is 0 Å². The zero-order valence-electron chi connectivity index (χ0n) is 14.3. The van der Waals surface area contributed by atoms with E-state index in [0.717, 1.165) is 17.8 Å². The van der Waals surface area contributed by atoms with Crippen LogP contribution in [-0.2, 0) is 26.6 Å². The minimum Gasteiger partial charge on any atom is -0.348 e. The quantitative estimate of drug-likeness (QED) is 0.743. The molecular weight excluding hydrogens is 332 g/mol. The van der Waals surface area contributed by atoms with E-state index >= 15 is 0 Å². The highest BCUT2D eigenvalue weighted by atomic mass is 16.2. The van der Waals surface area contributed by atoms with Crippen molar-refractivity contribution in [3.8, 4) is 0 Å². The van der Waals surface area contributed by atoms with Gasteiger partial charge < -0.3 is 10.2 Å². The van der Waals surface area contributed by atoms with E-state index in [1.165, 1.54) is 18.0 Å². The van der Waals surface area contributed by atoms with Crippen LogP contribution in [0.3, 0.4) is 0 Å². The molecule has 0 fully saturated rings. The zero-order valence-corrected chi connectivity index (χ0v) is 14.3. The van der Waals surface area contributed by atoms with Crippen LogP contribution in [0, 0.1) is 0 Å². The van der Waals surface area contributed by atoms with Gasteiger partial charge in [-0.2, -0.15) is 5.10 Å². The van der Waals surface area contributed by atoms with Crippen molar-refractivity contribution in [1.82, 2.24) is 34.6 Å². The third kappa shape index (κ3) is 3.10. The summed E-state index contributed by atoms with van der Waals surface area (Å²) in [6.45, 7) is 1.68. The Kier molecular flexibility index (Phi) is 4.26. The van der Waals surface area contributed by atoms with Gasteiger partial charge in [0, 0.05) is 43.9 Å². The van der Waals surface area contributed by atoms with Crippen molar-refractivity contribution in [2.75, 3.05) is 11.9 Å². The molecule has 1 aliphatic heterocycles. The van der Waals surface area contributed by atoms with E-state index in [1.807, 2.05) is 11.7 Å². The smallest absolute Gasteiger partial charge is 0.274 e. The van der Waals surface area contributed by atoms with Crippen molar-refractivity contribution in [2.45, 2.75) is 19.5 Å². The molecule has 9 nitrogen and oxygen atoms in total. The van der Waals surface area contributed by atoms with Crippen LogP contribution in [0.15, 0.2) is 37.1 Å². The Hall–Kier alpha value is -3.36. The van der Waals surface area contributed by atoms with Crippen molar-refractivity contribution < 1.29 is 4.79 Å². The zero-order chi connectivity index (χ0) is 17.9. The lowest BCUT2D eigenvalue weighted by Crippen LogP contribution is -2.37. The topological polar surface area (TPSA) is 102 Å². The number of aromatic nitrogens is 6. The molecule has 0 saturated heterocycles. The molecule has 4 rings (SSSR count). The van der Waals surface area contributed by atoms with E-state index in [-0.39, 0.29) is 5.91 Å². The molecule has 1 aliphatic rings. The van der Waals surface area contributed by atoms with Crippen LogP contribution >= 0.6 is 0 Å². The van der Waals surface area contributed by atoms with Crippen LogP contribution in [-0.4, -0.2) is 47.1 Å². The van der Waals surface area contributed by atoms with Crippen molar-refractivity contribution in [1.29, 1.82) is 0 Å². The molecule has 0 saturated carbocycles. The predicted octanol–water partition coefficient (Wildman–Crippen LogP) is 0.811. The first kappa shape index (κ1) is 16.1. The van der Waals surface area contributed by atoms with Crippen molar-refractivity contribution in [3.63, 3.8) is 0 Å². The maximum atomic E-state index is 12.6. The first-order valence-electron chi connectivity index (χ1n) is 8.32. The molecule has 3 aromatic rings. The fraction of sp³-hybridized carbons (Fsp3) is 0.294. The molecule has 4 heterocycles. The molecule has 0 bridgehead atoms. The maximum absolute atomic E-state index is 12.6. The number of hydrogen-bond acceptors (Lipinski definition) is 7. The second kappa shape index (κ2) is 6.87. The molecule has 0 spiro atoms. The van der Waals surface area contributed by atoms with Crippen molar-refractivity contribution in [3.05, 3.63) is 59.7 Å². The Bertz CT molecular complexity index is 909. The summed E-state index contributed by atoms with van der Waals surface area (Å²) in [6, 6.07) is 1.77. The highest BCUT2D eigenvalue weighted by molar-refractivity contribution is 5.92. The van der Waals surface area contributed by atoms with Crippen LogP contribution in [0.1, 0.15) is 27.4 Å². The summed E-state index contributed by atoms with van der Waals surface area (Å²) in [7, 11) is 1.90. The van der Waals surface area contributed by atoms with Crippen LogP contribution in [0.25, 0.3) is 0 Å². The summed E-state index contributed by atoms with van der Waals surface area (Å²) in [6.07, 6.45) is 8.72. The Morgan fingerprint density at radius 1 is 1.19 bits per heavy atom. The standard InChI is InChI=1S/C17H18N8O/c1-24-15-11-25(16(26)14-9-18-6-7-19-14)8-3-12(15)13(23-24)10-22-17-20-4-2-5-21-17/h2,4-7,9H,3,8,10-11H2,1H3,(H,20,21,22). The molecule has 0 unspecified atom stereocenters. The van der Waals surface area contributed by atoms with E-state index in [0.29, 0.717) is 31.3 Å². The van der Waals surface area contributed by atoms with Gasteiger partial charge in [0.25, 0.3) is 5.91 Å². The van der Waals surface area contributed by atoms with E-state index in [4.69, 9.17) is 0 Å². The van der Waals surface area contributed by atoms with Gasteiger partial charge in [-0.05, 0) is 12.5 Å². The number of amides is 1. The van der Waals surface area contributed by atoms with Gasteiger partial charge in [-0.25, -0.2) is 15.0 Å². The number of hydrogen-bond donors (Lipinski definition) is 1. The van der Waals surface area contributed by atoms with Crippen LogP contribution in [0.4, 0.5) is 5.95 Å². The van der Waals surface area contributed by atoms with Gasteiger partial charge in [0.05, 0.1) is 30.7 Å². The highest BCUT2D eigenvalue weighted by Crippen LogP contribution is 2.23. The molecule has 0 atom stereocenters. The average Bonchev–Trinajstić information content (AvgIpc) is 3.02. The fourth-order valence-electron chi connectivity index (χ4n) is 3.10. The van der Waals surface area contributed by atoms with Gasteiger partial charge in [-0.3, -0.25) is 14.5 Å². The van der Waals surface area contributed by atoms with Crippen molar-refractivity contribution >= 4 is 11.9 Å². The molecule has 9 heteroatoms. The molecule has 0 radical (unpaired) electrons. The van der Waals surface area contributed by atoms with Gasteiger partial charge >= 0.3 is 0 Å². The van der Waals surface area contributed by atoms with E-state index in [9.17, 15) is 4.79 Å². The second-order valence-electron chi connectivity index (χ2n) is 5.99. The number of carbonyl (C=O) groups is 1. The van der Waals surface area contributed by atoms with E-state index < -0.39 is 0 Å². The van der Waals surface area contributed by atoms with Gasteiger partial charge in [-0.15, -0.1) is 0 Å². The maximum Gasteiger partial charge on any atom is 0.274 e. The predicted molar refractivity (Wildman–Crippen MR) is 93.0 cm³/mol. The molecule has 1 amide bonds. The third-order valence-electron chi connectivity index (χ3n) is 4.38. The Morgan fingerprint density at radius 2 is 2.04 bits per heavy atom. The summed E-state index contributed by atoms with van der Waals surface area (Å²) in [5, 5.41) is 7.79. The lowest BCUT2D eigenvalue weighted by Gasteiger charge is -2.27. The third-order valence-corrected chi connectivity index (χ3v) is 4.38. The molecule has 26 heavy (non-hydrogen) atoms. The molecule has 132 valence electrons. The van der Waals surface area contributed by atoms with E-state index in [1.54, 1.807) is 29.6 Å². The van der Waals surface area contributed by atoms with Crippen molar-refractivity contribution in [2.24, 2.45) is 7.05 Å². The molecule has 0 aromatic carbocycles. The number of fused-ring (bicyclic) bond motifs is 1. The average molecular weight is 350 g/mol. The number of nitrogens with one attached hydrogen (secondary N) is 1. The van der Waals surface area contributed by atoms with E-state index in [2.05, 4.69) is 30.4 Å². The fourth-order valence-corrected chi connectivity index (χ4v) is 3.10. The number of anilines is 1. The van der Waals surface area contributed by atoms with Crippen LogP contribution in [0.2, 0.25) is 0 Å². The monoisotopic (exact) mass is 350 g/mol. The first-order chi connectivity index (χ1) is 12.7. The number of rotatable bonds is 4. The summed E-state index contributed by atoms with van der Waals surface area (Å²) in [4.78, 5) is 30.8. The summed E-state index contributed by atoms with van der Waals surface area (Å²) >= 11 is 0. The van der Waals surface area contributed by atoms with Gasteiger partial charge in [0.2, 0.25) is 5.95 Å². The summed E-state index contributed by atoms with van der Waals surface area (Å²) in [5.74, 6) is 0.462. The molecular formula is C17H18N8O. The summed E-state index contributed by atoms with van der Waals surface area (Å²) in [5.41, 5.74) is 3.54. The first-order valence-corrected chi connectivity index (χ1v) is 8.32. The Labute approximate surface area is 150 Å². The minimum absolute atomic E-state index is 0.109. The van der Waals surface area contributed by atoms with Crippen LogP contribution < -0.4 is 5.32 Å².